The van der Waals surface area contributed by atoms with E-state index in [-0.39, 0.29) is 11.7 Å². The predicted molar refractivity (Wildman–Crippen MR) is 72.6 cm³/mol. The van der Waals surface area contributed by atoms with E-state index in [2.05, 4.69) is 20.3 Å². The molecule has 0 aliphatic carbocycles. The molecular formula is C12H14N4O2S. The van der Waals surface area contributed by atoms with Crippen LogP contribution in [0.4, 0.5) is 5.82 Å². The van der Waals surface area contributed by atoms with Crippen LogP contribution in [0.15, 0.2) is 12.4 Å². The van der Waals surface area contributed by atoms with Gasteiger partial charge in [-0.1, -0.05) is 0 Å². The number of anilines is 1. The molecule has 100 valence electrons. The summed E-state index contributed by atoms with van der Waals surface area (Å²) in [5, 5.41) is 13.0. The molecule has 2 aromatic heterocycles. The number of hydrogen-bond donors (Lipinski definition) is 2. The molecule has 6 nitrogen and oxygen atoms in total. The van der Waals surface area contributed by atoms with Crippen LogP contribution in [0.3, 0.4) is 0 Å². The van der Waals surface area contributed by atoms with Gasteiger partial charge < -0.3 is 10.4 Å². The summed E-state index contributed by atoms with van der Waals surface area (Å²) >= 11 is 1.61. The third kappa shape index (κ3) is 3.05. The highest BCUT2D eigenvalue weighted by molar-refractivity contribution is 7.11. The minimum absolute atomic E-state index is 0.00421. The first-order chi connectivity index (χ1) is 8.97. The van der Waals surface area contributed by atoms with Crippen molar-refractivity contribution in [1.82, 2.24) is 15.0 Å². The molecule has 0 aliphatic heterocycles. The van der Waals surface area contributed by atoms with Gasteiger partial charge in [0.05, 0.1) is 29.1 Å². The van der Waals surface area contributed by atoms with Crippen molar-refractivity contribution >= 4 is 23.1 Å². The van der Waals surface area contributed by atoms with E-state index in [4.69, 9.17) is 5.11 Å². The van der Waals surface area contributed by atoms with Gasteiger partial charge in [-0.05, 0) is 20.8 Å². The van der Waals surface area contributed by atoms with Crippen LogP contribution < -0.4 is 5.32 Å². The Labute approximate surface area is 114 Å². The fourth-order valence-electron chi connectivity index (χ4n) is 1.77. The zero-order chi connectivity index (χ0) is 14.0. The first kappa shape index (κ1) is 13.4. The standard InChI is InChI=1S/C12H14N4O2S/c1-6-11(19-8(3)14-6)7(2)15-10-5-13-4-9(16-10)12(17)18/h4-5,7H,1-3H3,(H,15,16)(H,17,18). The minimum atomic E-state index is -1.09. The molecule has 0 bridgehead atoms. The lowest BCUT2D eigenvalue weighted by Gasteiger charge is -2.13. The maximum Gasteiger partial charge on any atom is 0.356 e. The maximum atomic E-state index is 10.8. The van der Waals surface area contributed by atoms with Crippen molar-refractivity contribution in [3.8, 4) is 0 Å². The van der Waals surface area contributed by atoms with Crippen molar-refractivity contribution in [1.29, 1.82) is 0 Å². The second-order valence-electron chi connectivity index (χ2n) is 4.14. The molecule has 0 saturated heterocycles. The van der Waals surface area contributed by atoms with Gasteiger partial charge in [-0.25, -0.2) is 14.8 Å². The number of carbonyl (C=O) groups is 1. The summed E-state index contributed by atoms with van der Waals surface area (Å²) in [6.07, 6.45) is 2.73. The van der Waals surface area contributed by atoms with Crippen LogP contribution in [0.2, 0.25) is 0 Å². The minimum Gasteiger partial charge on any atom is -0.476 e. The SMILES string of the molecule is Cc1nc(C)c(C(C)Nc2cncc(C(=O)O)n2)s1. The number of thiazole rings is 1. The fraction of sp³-hybridized carbons (Fsp3) is 0.333. The highest BCUT2D eigenvalue weighted by atomic mass is 32.1. The molecule has 2 N–H and O–H groups in total. The van der Waals surface area contributed by atoms with Crippen LogP contribution in [0.25, 0.3) is 0 Å². The number of aromatic nitrogens is 3. The number of aromatic carboxylic acids is 1. The van der Waals surface area contributed by atoms with Crippen LogP contribution in [-0.4, -0.2) is 26.0 Å². The molecule has 2 rings (SSSR count). The Hall–Kier alpha value is -2.02. The molecule has 0 spiro atoms. The molecule has 0 aliphatic rings. The van der Waals surface area contributed by atoms with Crippen molar-refractivity contribution < 1.29 is 9.90 Å². The Morgan fingerprint density at radius 3 is 2.68 bits per heavy atom. The fourth-order valence-corrected chi connectivity index (χ4v) is 2.70. The van der Waals surface area contributed by atoms with Gasteiger partial charge in [-0.2, -0.15) is 0 Å². The molecule has 1 atom stereocenters. The summed E-state index contributed by atoms with van der Waals surface area (Å²) in [7, 11) is 0. The third-order valence-corrected chi connectivity index (χ3v) is 3.81. The van der Waals surface area contributed by atoms with Crippen molar-refractivity contribution in [2.45, 2.75) is 26.8 Å². The van der Waals surface area contributed by atoms with Gasteiger partial charge >= 0.3 is 5.97 Å². The lowest BCUT2D eigenvalue weighted by molar-refractivity contribution is 0.0690. The lowest BCUT2D eigenvalue weighted by atomic mass is 10.2. The number of nitrogens with one attached hydrogen (secondary N) is 1. The van der Waals surface area contributed by atoms with E-state index >= 15 is 0 Å². The number of hydrogen-bond acceptors (Lipinski definition) is 6. The maximum absolute atomic E-state index is 10.8. The third-order valence-electron chi connectivity index (χ3n) is 2.55. The van der Waals surface area contributed by atoms with Gasteiger partial charge in [0.2, 0.25) is 0 Å². The van der Waals surface area contributed by atoms with Gasteiger partial charge in [0, 0.05) is 4.88 Å². The summed E-state index contributed by atoms with van der Waals surface area (Å²) in [6.45, 7) is 5.89. The molecule has 2 aromatic rings. The molecule has 19 heavy (non-hydrogen) atoms. The Balaban J connectivity index is 2.19. The summed E-state index contributed by atoms with van der Waals surface area (Å²) < 4.78 is 0. The smallest absolute Gasteiger partial charge is 0.356 e. The number of carboxylic acid groups (broad SMARTS) is 1. The molecule has 0 fully saturated rings. The number of nitrogens with zero attached hydrogens (tertiary/aromatic N) is 3. The average Bonchev–Trinajstić information content (AvgIpc) is 2.69. The predicted octanol–water partition coefficient (Wildman–Crippen LogP) is 2.42. The van der Waals surface area contributed by atoms with Crippen molar-refractivity contribution in [3.05, 3.63) is 33.7 Å². The van der Waals surface area contributed by atoms with Gasteiger partial charge in [0.15, 0.2) is 5.69 Å². The number of aryl methyl sites for hydroxylation is 2. The first-order valence-electron chi connectivity index (χ1n) is 5.73. The molecule has 0 saturated carbocycles. The number of rotatable bonds is 4. The average molecular weight is 278 g/mol. The molecular weight excluding hydrogens is 264 g/mol. The molecule has 1 unspecified atom stereocenters. The van der Waals surface area contributed by atoms with Crippen LogP contribution in [0.1, 0.15) is 39.0 Å². The Morgan fingerprint density at radius 1 is 1.37 bits per heavy atom. The molecule has 7 heteroatoms. The van der Waals surface area contributed by atoms with E-state index in [1.807, 2.05) is 20.8 Å². The summed E-state index contributed by atoms with van der Waals surface area (Å²) in [4.78, 5) is 24.2. The van der Waals surface area contributed by atoms with E-state index in [0.29, 0.717) is 5.82 Å². The summed E-state index contributed by atoms with van der Waals surface area (Å²) in [5.41, 5.74) is 0.902. The van der Waals surface area contributed by atoms with Crippen molar-refractivity contribution in [2.24, 2.45) is 0 Å². The normalized spacial score (nSPS) is 12.2. The van der Waals surface area contributed by atoms with Crippen molar-refractivity contribution in [2.75, 3.05) is 5.32 Å². The van der Waals surface area contributed by atoms with E-state index in [1.165, 1.54) is 12.4 Å². The Kier molecular flexibility index (Phi) is 3.75. The highest BCUT2D eigenvalue weighted by Crippen LogP contribution is 2.26. The van der Waals surface area contributed by atoms with Crippen LogP contribution in [0.5, 0.6) is 0 Å². The number of carboxylic acids is 1. The molecule has 0 amide bonds. The summed E-state index contributed by atoms with van der Waals surface area (Å²) in [6, 6.07) is 0.00421. The van der Waals surface area contributed by atoms with Crippen LogP contribution in [0, 0.1) is 13.8 Å². The van der Waals surface area contributed by atoms with Gasteiger partial charge in [0.25, 0.3) is 0 Å². The van der Waals surface area contributed by atoms with Gasteiger partial charge in [-0.3, -0.25) is 4.98 Å². The van der Waals surface area contributed by atoms with Crippen LogP contribution >= 0.6 is 11.3 Å². The zero-order valence-corrected chi connectivity index (χ0v) is 11.7. The second-order valence-corrected chi connectivity index (χ2v) is 5.38. The van der Waals surface area contributed by atoms with E-state index in [0.717, 1.165) is 15.6 Å². The molecule has 0 aromatic carbocycles. The van der Waals surface area contributed by atoms with Gasteiger partial charge in [0.1, 0.15) is 5.82 Å². The van der Waals surface area contributed by atoms with E-state index in [1.54, 1.807) is 11.3 Å². The lowest BCUT2D eigenvalue weighted by Crippen LogP contribution is -2.10. The van der Waals surface area contributed by atoms with Crippen LogP contribution in [-0.2, 0) is 0 Å². The Morgan fingerprint density at radius 2 is 2.11 bits per heavy atom. The highest BCUT2D eigenvalue weighted by Gasteiger charge is 2.14. The van der Waals surface area contributed by atoms with Crippen molar-refractivity contribution in [3.63, 3.8) is 0 Å². The largest absolute Gasteiger partial charge is 0.476 e. The monoisotopic (exact) mass is 278 g/mol. The topological polar surface area (TPSA) is 88.0 Å². The second kappa shape index (κ2) is 5.31. The van der Waals surface area contributed by atoms with E-state index in [9.17, 15) is 4.79 Å². The zero-order valence-electron chi connectivity index (χ0n) is 10.8. The quantitative estimate of drug-likeness (QED) is 0.893. The summed E-state index contributed by atoms with van der Waals surface area (Å²) in [5.74, 6) is -0.647. The van der Waals surface area contributed by atoms with Gasteiger partial charge in [-0.15, -0.1) is 11.3 Å². The Bertz CT molecular complexity index is 612. The van der Waals surface area contributed by atoms with E-state index < -0.39 is 5.97 Å². The first-order valence-corrected chi connectivity index (χ1v) is 6.55. The molecule has 2 heterocycles. The molecule has 0 radical (unpaired) electrons.